The van der Waals surface area contributed by atoms with E-state index in [0.29, 0.717) is 15.7 Å². The van der Waals surface area contributed by atoms with E-state index in [1.165, 1.54) is 12.1 Å². The summed E-state index contributed by atoms with van der Waals surface area (Å²) in [7, 11) is 1.66. The van der Waals surface area contributed by atoms with Crippen molar-refractivity contribution in [1.29, 1.82) is 0 Å². The second-order valence-electron chi connectivity index (χ2n) is 4.53. The Morgan fingerprint density at radius 1 is 1.26 bits per heavy atom. The maximum Gasteiger partial charge on any atom is 0.435 e. The number of carbonyl (C=O) groups excluding carboxylic acids is 1. The molecule has 0 radical (unpaired) electrons. The van der Waals surface area contributed by atoms with Gasteiger partial charge in [-0.3, -0.25) is 4.79 Å². The first-order valence-electron chi connectivity index (χ1n) is 6.56. The van der Waals surface area contributed by atoms with Crippen LogP contribution in [0.25, 0.3) is 5.69 Å². The van der Waals surface area contributed by atoms with E-state index in [-0.39, 0.29) is 12.2 Å². The molecule has 1 aromatic heterocycles. The Morgan fingerprint density at radius 2 is 1.91 bits per heavy atom. The summed E-state index contributed by atoms with van der Waals surface area (Å²) in [4.78, 5) is 11.9. The number of halogens is 4. The zero-order valence-electron chi connectivity index (χ0n) is 12.0. The maximum atomic E-state index is 13.4. The first kappa shape index (κ1) is 17.4. The van der Waals surface area contributed by atoms with E-state index in [9.17, 15) is 18.0 Å². The molecule has 1 amide bonds. The predicted molar refractivity (Wildman–Crippen MR) is 80.3 cm³/mol. The van der Waals surface area contributed by atoms with E-state index < -0.39 is 23.5 Å². The molecule has 0 saturated heterocycles. The lowest BCUT2D eigenvalue weighted by Gasteiger charge is -2.11. The summed E-state index contributed by atoms with van der Waals surface area (Å²) in [6.07, 6.45) is -4.77. The maximum absolute atomic E-state index is 13.4. The lowest BCUT2D eigenvalue weighted by molar-refractivity contribution is -0.143. The second kappa shape index (κ2) is 7.09. The number of hydrogen-bond acceptors (Lipinski definition) is 4. The van der Waals surface area contributed by atoms with Gasteiger partial charge in [0.15, 0.2) is 11.4 Å². The van der Waals surface area contributed by atoms with Crippen molar-refractivity contribution in [3.63, 3.8) is 0 Å². The molecule has 0 saturated carbocycles. The molecule has 0 aliphatic carbocycles. The summed E-state index contributed by atoms with van der Waals surface area (Å²) in [6.45, 7) is 0.603. The van der Waals surface area contributed by atoms with Crippen LogP contribution in [0.4, 0.5) is 13.2 Å². The van der Waals surface area contributed by atoms with E-state index in [4.69, 9.17) is 0 Å². The van der Waals surface area contributed by atoms with Gasteiger partial charge < -0.3 is 10.6 Å². The molecule has 2 rings (SSSR count). The molecule has 0 aliphatic heterocycles. The molecule has 0 spiro atoms. The Morgan fingerprint density at radius 3 is 2.48 bits per heavy atom. The summed E-state index contributed by atoms with van der Waals surface area (Å²) >= 11 is 3.20. The molecule has 2 N–H and O–H groups in total. The van der Waals surface area contributed by atoms with E-state index in [1.54, 1.807) is 19.2 Å². The van der Waals surface area contributed by atoms with Crippen molar-refractivity contribution in [2.75, 3.05) is 20.1 Å². The fourth-order valence-corrected chi connectivity index (χ4v) is 2.10. The lowest BCUT2D eigenvalue weighted by atomic mass is 10.2. The number of benzene rings is 1. The highest BCUT2D eigenvalue weighted by molar-refractivity contribution is 9.10. The average Bonchev–Trinajstić information content (AvgIpc) is 2.93. The largest absolute Gasteiger partial charge is 0.435 e. The number of amides is 1. The van der Waals surface area contributed by atoms with E-state index in [2.05, 4.69) is 36.9 Å². The van der Waals surface area contributed by atoms with Crippen LogP contribution in [-0.2, 0) is 6.18 Å². The molecule has 0 atom stereocenters. The Labute approximate surface area is 138 Å². The number of alkyl halides is 3. The van der Waals surface area contributed by atoms with Gasteiger partial charge in [-0.25, -0.2) is 4.68 Å². The fraction of sp³-hybridized carbons (Fsp3) is 0.308. The van der Waals surface area contributed by atoms with Crippen molar-refractivity contribution in [2.45, 2.75) is 6.18 Å². The van der Waals surface area contributed by atoms with Crippen LogP contribution in [-0.4, -0.2) is 41.0 Å². The van der Waals surface area contributed by atoms with Gasteiger partial charge >= 0.3 is 6.18 Å². The van der Waals surface area contributed by atoms with Crippen LogP contribution in [0.3, 0.4) is 0 Å². The Hall–Kier alpha value is -1.94. The molecule has 0 unspecified atom stereocenters. The third-order valence-corrected chi connectivity index (χ3v) is 3.41. The van der Waals surface area contributed by atoms with Gasteiger partial charge in [-0.15, -0.1) is 5.10 Å². The van der Waals surface area contributed by atoms with Crippen LogP contribution >= 0.6 is 15.9 Å². The Kier molecular flexibility index (Phi) is 5.37. The quantitative estimate of drug-likeness (QED) is 0.764. The van der Waals surface area contributed by atoms with Gasteiger partial charge in [0.1, 0.15) is 0 Å². The third-order valence-electron chi connectivity index (χ3n) is 2.89. The van der Waals surface area contributed by atoms with Gasteiger partial charge in [-0.2, -0.15) is 13.2 Å². The molecule has 1 heterocycles. The van der Waals surface area contributed by atoms with Crippen LogP contribution in [0.2, 0.25) is 0 Å². The molecule has 23 heavy (non-hydrogen) atoms. The van der Waals surface area contributed by atoms with Crippen molar-refractivity contribution in [3.05, 3.63) is 40.1 Å². The summed E-state index contributed by atoms with van der Waals surface area (Å²) in [5.41, 5.74) is -1.80. The molecule has 2 aromatic rings. The molecular formula is C13H13BrF3N5O. The molecule has 1 aromatic carbocycles. The minimum Gasteiger partial charge on any atom is -0.349 e. The normalized spacial score (nSPS) is 11.5. The van der Waals surface area contributed by atoms with Crippen LogP contribution in [0.15, 0.2) is 28.7 Å². The zero-order valence-corrected chi connectivity index (χ0v) is 13.6. The predicted octanol–water partition coefficient (Wildman–Crippen LogP) is 2.00. The molecule has 0 bridgehead atoms. The Bertz CT molecular complexity index is 684. The molecule has 124 valence electrons. The van der Waals surface area contributed by atoms with E-state index in [0.717, 1.165) is 0 Å². The fourth-order valence-electron chi connectivity index (χ4n) is 1.84. The number of rotatable bonds is 5. The van der Waals surface area contributed by atoms with Crippen molar-refractivity contribution in [2.24, 2.45) is 0 Å². The highest BCUT2D eigenvalue weighted by atomic mass is 79.9. The third kappa shape index (κ3) is 4.08. The zero-order chi connectivity index (χ0) is 17.0. The standard InChI is InChI=1S/C13H13BrF3N5O/c1-18-6-7-19-12(23)10-11(13(15,16)17)22(21-20-10)9-4-2-8(14)3-5-9/h2-5,18H,6-7H2,1H3,(H,19,23). The average molecular weight is 392 g/mol. The summed E-state index contributed by atoms with van der Waals surface area (Å²) in [5, 5.41) is 12.0. The van der Waals surface area contributed by atoms with Crippen LogP contribution in [0.1, 0.15) is 16.2 Å². The number of carbonyl (C=O) groups is 1. The van der Waals surface area contributed by atoms with Crippen LogP contribution in [0.5, 0.6) is 0 Å². The minimum atomic E-state index is -4.77. The van der Waals surface area contributed by atoms with Crippen molar-refractivity contribution < 1.29 is 18.0 Å². The van der Waals surface area contributed by atoms with Gasteiger partial charge in [0.2, 0.25) is 0 Å². The second-order valence-corrected chi connectivity index (χ2v) is 5.45. The highest BCUT2D eigenvalue weighted by Gasteiger charge is 2.41. The molecule has 10 heteroatoms. The van der Waals surface area contributed by atoms with E-state index >= 15 is 0 Å². The highest BCUT2D eigenvalue weighted by Crippen LogP contribution is 2.32. The van der Waals surface area contributed by atoms with Gasteiger partial charge in [-0.05, 0) is 31.3 Å². The monoisotopic (exact) mass is 391 g/mol. The number of likely N-dealkylation sites (N-methyl/N-ethyl adjacent to an activating group) is 1. The van der Waals surface area contributed by atoms with Crippen LogP contribution in [0, 0.1) is 0 Å². The van der Waals surface area contributed by atoms with Crippen molar-refractivity contribution in [3.8, 4) is 5.69 Å². The van der Waals surface area contributed by atoms with Crippen molar-refractivity contribution >= 4 is 21.8 Å². The topological polar surface area (TPSA) is 71.8 Å². The van der Waals surface area contributed by atoms with Gasteiger partial charge in [0, 0.05) is 17.6 Å². The van der Waals surface area contributed by atoms with Crippen molar-refractivity contribution in [1.82, 2.24) is 25.6 Å². The molecule has 6 nitrogen and oxygen atoms in total. The summed E-state index contributed by atoms with van der Waals surface area (Å²) in [5.74, 6) is -0.920. The number of hydrogen-bond donors (Lipinski definition) is 2. The first-order chi connectivity index (χ1) is 10.8. The number of nitrogens with zero attached hydrogens (tertiary/aromatic N) is 3. The van der Waals surface area contributed by atoms with Crippen LogP contribution < -0.4 is 10.6 Å². The lowest BCUT2D eigenvalue weighted by Crippen LogP contribution is -2.32. The molecular weight excluding hydrogens is 379 g/mol. The van der Waals surface area contributed by atoms with Gasteiger partial charge in [0.05, 0.1) is 5.69 Å². The molecule has 0 fully saturated rings. The Balaban J connectivity index is 2.41. The first-order valence-corrected chi connectivity index (χ1v) is 7.35. The SMILES string of the molecule is CNCCNC(=O)c1nnn(-c2ccc(Br)cc2)c1C(F)(F)F. The van der Waals surface area contributed by atoms with Gasteiger partial charge in [-0.1, -0.05) is 21.1 Å². The minimum absolute atomic E-state index is 0.155. The van der Waals surface area contributed by atoms with Gasteiger partial charge in [0.25, 0.3) is 5.91 Å². The summed E-state index contributed by atoms with van der Waals surface area (Å²) in [6, 6.07) is 6.03. The van der Waals surface area contributed by atoms with E-state index in [1.807, 2.05) is 0 Å². The molecule has 0 aliphatic rings. The number of nitrogens with one attached hydrogen (secondary N) is 2. The number of aromatic nitrogens is 3. The smallest absolute Gasteiger partial charge is 0.349 e. The summed E-state index contributed by atoms with van der Waals surface area (Å²) < 4.78 is 41.4.